The first-order valence-electron chi connectivity index (χ1n) is 8.52. The molecule has 1 aliphatic heterocycles. The summed E-state index contributed by atoms with van der Waals surface area (Å²) < 4.78 is 1.91. The average molecular weight is 348 g/mol. The molecule has 1 aromatic carbocycles. The van der Waals surface area contributed by atoms with Crippen molar-refractivity contribution in [1.29, 1.82) is 0 Å². The number of carbonyl (C=O) groups is 1. The second kappa shape index (κ2) is 6.59. The molecule has 1 amide bonds. The van der Waals surface area contributed by atoms with Gasteiger partial charge in [0.1, 0.15) is 0 Å². The van der Waals surface area contributed by atoms with Gasteiger partial charge in [0.05, 0.1) is 12.0 Å². The van der Waals surface area contributed by atoms with E-state index < -0.39 is 0 Å². The van der Waals surface area contributed by atoms with Gasteiger partial charge >= 0.3 is 0 Å². The number of hydrogen-bond acceptors (Lipinski definition) is 5. The molecule has 4 rings (SSSR count). The smallest absolute Gasteiger partial charge is 0.254 e. The summed E-state index contributed by atoms with van der Waals surface area (Å²) in [5.41, 5.74) is 3.72. The Morgan fingerprint density at radius 3 is 2.65 bits per heavy atom. The zero-order valence-electron chi connectivity index (χ0n) is 14.8. The van der Waals surface area contributed by atoms with E-state index in [9.17, 15) is 4.79 Å². The van der Waals surface area contributed by atoms with E-state index in [0.29, 0.717) is 18.7 Å². The number of fused-ring (bicyclic) bond motifs is 1. The van der Waals surface area contributed by atoms with Gasteiger partial charge in [0, 0.05) is 57.3 Å². The van der Waals surface area contributed by atoms with Crippen LogP contribution in [0.3, 0.4) is 0 Å². The van der Waals surface area contributed by atoms with Crippen LogP contribution in [0.5, 0.6) is 0 Å². The van der Waals surface area contributed by atoms with Crippen molar-refractivity contribution in [2.45, 2.75) is 13.0 Å². The van der Waals surface area contributed by atoms with Gasteiger partial charge in [0.2, 0.25) is 0 Å². The number of imidazole rings is 1. The lowest BCUT2D eigenvalue weighted by molar-refractivity contribution is 0.0733. The molecule has 0 saturated carbocycles. The van der Waals surface area contributed by atoms with Crippen LogP contribution >= 0.6 is 0 Å². The molecule has 0 unspecified atom stereocenters. The van der Waals surface area contributed by atoms with Crippen molar-refractivity contribution >= 4 is 11.7 Å². The Morgan fingerprint density at radius 2 is 1.96 bits per heavy atom. The number of aromatic nitrogens is 4. The van der Waals surface area contributed by atoms with Crippen molar-refractivity contribution in [2.75, 3.05) is 25.5 Å². The predicted octanol–water partition coefficient (Wildman–Crippen LogP) is 1.93. The normalized spacial score (nSPS) is 13.4. The molecule has 1 aliphatic rings. The number of carbonyl (C=O) groups excluding carboxylic acids is 1. The highest BCUT2D eigenvalue weighted by Crippen LogP contribution is 2.22. The van der Waals surface area contributed by atoms with E-state index in [4.69, 9.17) is 0 Å². The molecule has 132 valence electrons. The molecule has 0 aliphatic carbocycles. The maximum Gasteiger partial charge on any atom is 0.254 e. The van der Waals surface area contributed by atoms with Crippen LogP contribution < -0.4 is 4.90 Å². The summed E-state index contributed by atoms with van der Waals surface area (Å²) in [6, 6.07) is 9.61. The summed E-state index contributed by atoms with van der Waals surface area (Å²) in [6.07, 6.45) is 6.08. The molecule has 0 bridgehead atoms. The zero-order chi connectivity index (χ0) is 18.1. The Kier molecular flexibility index (Phi) is 4.12. The van der Waals surface area contributed by atoms with Gasteiger partial charge < -0.3 is 14.4 Å². The Balaban J connectivity index is 1.53. The number of benzene rings is 1. The lowest BCUT2D eigenvalue weighted by Crippen LogP contribution is -2.36. The molecular weight excluding hydrogens is 328 g/mol. The summed E-state index contributed by atoms with van der Waals surface area (Å²) in [5.74, 6) is 0.846. The Labute approximate surface area is 151 Å². The van der Waals surface area contributed by atoms with Gasteiger partial charge in [0.15, 0.2) is 5.82 Å². The van der Waals surface area contributed by atoms with Crippen molar-refractivity contribution < 1.29 is 4.79 Å². The van der Waals surface area contributed by atoms with Gasteiger partial charge in [-0.3, -0.25) is 4.79 Å². The fraction of sp³-hybridized carbons (Fsp3) is 0.263. The fourth-order valence-electron chi connectivity index (χ4n) is 3.08. The van der Waals surface area contributed by atoms with E-state index in [0.717, 1.165) is 29.2 Å². The van der Waals surface area contributed by atoms with Gasteiger partial charge in [0.25, 0.3) is 5.91 Å². The number of hydrogen-bond donors (Lipinski definition) is 0. The summed E-state index contributed by atoms with van der Waals surface area (Å²) in [6.45, 7) is 1.22. The quantitative estimate of drug-likeness (QED) is 0.723. The summed E-state index contributed by atoms with van der Waals surface area (Å²) in [7, 11) is 3.87. The van der Waals surface area contributed by atoms with Crippen LogP contribution in [0.2, 0.25) is 0 Å². The van der Waals surface area contributed by atoms with E-state index in [1.165, 1.54) is 0 Å². The second-order valence-electron chi connectivity index (χ2n) is 6.56. The number of nitrogens with zero attached hydrogens (tertiary/aromatic N) is 6. The van der Waals surface area contributed by atoms with E-state index in [2.05, 4.69) is 15.2 Å². The molecule has 0 saturated heterocycles. The molecular formula is C19H20N6O. The highest BCUT2D eigenvalue weighted by Gasteiger charge is 2.23. The Bertz CT molecular complexity index is 918. The minimum atomic E-state index is 0.0380. The SMILES string of the molecule is CN(C)c1cc2c(nn1)CCN(C(=O)c1ccc(-n3ccnc3)cc1)C2. The van der Waals surface area contributed by atoms with E-state index in [1.54, 1.807) is 12.5 Å². The molecule has 0 fully saturated rings. The third kappa shape index (κ3) is 3.03. The second-order valence-corrected chi connectivity index (χ2v) is 6.56. The van der Waals surface area contributed by atoms with Gasteiger partial charge in [-0.2, -0.15) is 5.10 Å². The molecule has 0 N–H and O–H groups in total. The van der Waals surface area contributed by atoms with E-state index in [-0.39, 0.29) is 5.91 Å². The number of amides is 1. The van der Waals surface area contributed by atoms with Crippen LogP contribution in [-0.4, -0.2) is 51.2 Å². The first-order chi connectivity index (χ1) is 12.6. The monoisotopic (exact) mass is 348 g/mol. The predicted molar refractivity (Wildman–Crippen MR) is 98.4 cm³/mol. The standard InChI is InChI=1S/C19H20N6O/c1-23(2)18-11-15-12-24(9-7-17(15)21-22-18)19(26)14-3-5-16(6-4-14)25-10-8-20-13-25/h3-6,8,10-11,13H,7,9,12H2,1-2H3. The molecule has 7 heteroatoms. The fourth-order valence-corrected chi connectivity index (χ4v) is 3.08. The third-order valence-electron chi connectivity index (χ3n) is 4.59. The van der Waals surface area contributed by atoms with Gasteiger partial charge in [-0.15, -0.1) is 5.10 Å². The number of anilines is 1. The Morgan fingerprint density at radius 1 is 1.15 bits per heavy atom. The number of rotatable bonds is 3. The Hall–Kier alpha value is -3.22. The molecule has 3 heterocycles. The molecule has 7 nitrogen and oxygen atoms in total. The van der Waals surface area contributed by atoms with Crippen LogP contribution in [0.1, 0.15) is 21.6 Å². The van der Waals surface area contributed by atoms with E-state index >= 15 is 0 Å². The third-order valence-corrected chi connectivity index (χ3v) is 4.59. The van der Waals surface area contributed by atoms with Crippen molar-refractivity contribution in [3.63, 3.8) is 0 Å². The van der Waals surface area contributed by atoms with Crippen LogP contribution in [0.4, 0.5) is 5.82 Å². The lowest BCUT2D eigenvalue weighted by atomic mass is 10.0. The minimum absolute atomic E-state index is 0.0380. The van der Waals surface area contributed by atoms with E-state index in [1.807, 2.05) is 65.0 Å². The maximum atomic E-state index is 12.9. The van der Waals surface area contributed by atoms with Gasteiger partial charge in [-0.05, 0) is 35.9 Å². The summed E-state index contributed by atoms with van der Waals surface area (Å²) >= 11 is 0. The van der Waals surface area contributed by atoms with Crippen LogP contribution in [0, 0.1) is 0 Å². The van der Waals surface area contributed by atoms with Crippen molar-refractivity contribution in [3.05, 3.63) is 65.9 Å². The largest absolute Gasteiger partial charge is 0.361 e. The first-order valence-corrected chi connectivity index (χ1v) is 8.52. The van der Waals surface area contributed by atoms with Gasteiger partial charge in [-0.1, -0.05) is 0 Å². The van der Waals surface area contributed by atoms with Crippen molar-refractivity contribution in [2.24, 2.45) is 0 Å². The average Bonchev–Trinajstić information content (AvgIpc) is 3.21. The van der Waals surface area contributed by atoms with Crippen LogP contribution in [-0.2, 0) is 13.0 Å². The van der Waals surface area contributed by atoms with Crippen LogP contribution in [0.25, 0.3) is 5.69 Å². The summed E-state index contributed by atoms with van der Waals surface area (Å²) in [4.78, 5) is 20.7. The van der Waals surface area contributed by atoms with Crippen molar-refractivity contribution in [1.82, 2.24) is 24.6 Å². The van der Waals surface area contributed by atoms with Crippen LogP contribution in [0.15, 0.2) is 49.1 Å². The molecule has 0 radical (unpaired) electrons. The highest BCUT2D eigenvalue weighted by molar-refractivity contribution is 5.94. The zero-order valence-corrected chi connectivity index (χ0v) is 14.8. The minimum Gasteiger partial charge on any atom is -0.361 e. The topological polar surface area (TPSA) is 67.2 Å². The molecule has 2 aromatic heterocycles. The molecule has 0 spiro atoms. The first kappa shape index (κ1) is 16.3. The summed E-state index contributed by atoms with van der Waals surface area (Å²) in [5, 5.41) is 8.53. The molecule has 26 heavy (non-hydrogen) atoms. The molecule has 0 atom stereocenters. The highest BCUT2D eigenvalue weighted by atomic mass is 16.2. The lowest BCUT2D eigenvalue weighted by Gasteiger charge is -2.28. The molecule has 3 aromatic rings. The van der Waals surface area contributed by atoms with Gasteiger partial charge in [-0.25, -0.2) is 4.98 Å². The maximum absolute atomic E-state index is 12.9. The van der Waals surface area contributed by atoms with Crippen molar-refractivity contribution in [3.8, 4) is 5.69 Å².